The Kier molecular flexibility index (Phi) is 8.58. The van der Waals surface area contributed by atoms with Crippen LogP contribution in [0.4, 0.5) is 9.59 Å². The Bertz CT molecular complexity index is 2390. The predicted molar refractivity (Wildman–Crippen MR) is 213 cm³/mol. The maximum Gasteiger partial charge on any atom is 0.411 e. The lowest BCUT2D eigenvalue weighted by molar-refractivity contribution is -0.138. The number of imidazole rings is 2. The number of nitrogens with one attached hydrogen (secondary N) is 3. The van der Waals surface area contributed by atoms with Crippen LogP contribution in [0.1, 0.15) is 83.0 Å². The number of amides is 3. The van der Waals surface area contributed by atoms with E-state index in [1.54, 1.807) is 0 Å². The molecule has 3 aliphatic heterocycles. The zero-order valence-corrected chi connectivity index (χ0v) is 32.8. The van der Waals surface area contributed by atoms with E-state index in [4.69, 9.17) is 24.2 Å². The summed E-state index contributed by atoms with van der Waals surface area (Å²) in [7, 11) is 1.33. The van der Waals surface area contributed by atoms with Crippen LogP contribution in [0.25, 0.3) is 44.2 Å². The number of hydrogen-bond donors (Lipinski definition) is 3. The molecule has 296 valence electrons. The van der Waals surface area contributed by atoms with Gasteiger partial charge in [0.15, 0.2) is 0 Å². The first kappa shape index (κ1) is 35.9. The van der Waals surface area contributed by atoms with Gasteiger partial charge in [-0.1, -0.05) is 30.3 Å². The average Bonchev–Trinajstić information content (AvgIpc) is 3.82. The number of H-pyrrole nitrogens is 2. The first-order valence-corrected chi connectivity index (χ1v) is 20.4. The Labute approximate surface area is 330 Å². The summed E-state index contributed by atoms with van der Waals surface area (Å²) in [5.41, 5.74) is 5.25. The smallest absolute Gasteiger partial charge is 0.411 e. The Morgan fingerprint density at radius 3 is 2.19 bits per heavy atom. The number of carbonyl (C=O) groups excluding carboxylic acids is 3. The van der Waals surface area contributed by atoms with Gasteiger partial charge in [-0.3, -0.25) is 9.69 Å². The molecule has 5 fully saturated rings. The number of methoxy groups -OCH3 is 1. The summed E-state index contributed by atoms with van der Waals surface area (Å²) in [5.74, 6) is 2.46. The second kappa shape index (κ2) is 13.6. The number of benzene rings is 3. The van der Waals surface area contributed by atoms with Gasteiger partial charge >= 0.3 is 12.2 Å². The van der Waals surface area contributed by atoms with Crippen molar-refractivity contribution in [2.75, 3.05) is 20.3 Å². The predicted octanol–water partition coefficient (Wildman–Crippen LogP) is 7.66. The molecule has 1 unspecified atom stereocenters. The van der Waals surface area contributed by atoms with Crippen molar-refractivity contribution in [1.29, 1.82) is 0 Å². The standard InChI is InChI=1S/C44H49N7O6/c1-44(2,3)57-43(54)51-35-19-30(35)21-37(51)40-46-31-10-9-27(17-32(31)47-40)25-5-6-26-16-28(8-7-24(26)15-25)33-22-45-39(48-33)36-20-29-18-34(29)50(36)41(52)38(49-42(53)55-4)23-11-13-56-14-12-23/h5-10,15-17,22-23,29-30,34-38H,11-14,18-21H2,1-4H3,(H,45,48)(H,46,47)(H,49,53)/t29-,30-,34-,35-,36?,37+,38+/m1/s1. The fourth-order valence-corrected chi connectivity index (χ4v) is 9.68. The highest BCUT2D eigenvalue weighted by Crippen LogP contribution is 2.55. The van der Waals surface area contributed by atoms with Gasteiger partial charge in [-0.25, -0.2) is 19.6 Å². The molecule has 5 aromatic rings. The molecule has 2 aliphatic carbocycles. The topological polar surface area (TPSA) is 155 Å². The first-order valence-electron chi connectivity index (χ1n) is 20.4. The summed E-state index contributed by atoms with van der Waals surface area (Å²) in [6.07, 6.45) is 6.25. The summed E-state index contributed by atoms with van der Waals surface area (Å²) in [6, 6.07) is 18.6. The highest BCUT2D eigenvalue weighted by atomic mass is 16.6. The van der Waals surface area contributed by atoms with Gasteiger partial charge in [-0.15, -0.1) is 0 Å². The van der Waals surface area contributed by atoms with Crippen LogP contribution < -0.4 is 5.32 Å². The third-order valence-corrected chi connectivity index (χ3v) is 12.7. The van der Waals surface area contributed by atoms with E-state index < -0.39 is 17.7 Å². The lowest BCUT2D eigenvalue weighted by atomic mass is 9.90. The van der Waals surface area contributed by atoms with E-state index in [1.165, 1.54) is 7.11 Å². The maximum absolute atomic E-state index is 14.2. The number of aromatic amines is 2. The summed E-state index contributed by atoms with van der Waals surface area (Å²) >= 11 is 0. The lowest BCUT2D eigenvalue weighted by Crippen LogP contribution is -2.54. The third kappa shape index (κ3) is 6.69. The van der Waals surface area contributed by atoms with Gasteiger partial charge in [0.05, 0.1) is 35.9 Å². The Morgan fingerprint density at radius 1 is 0.825 bits per heavy atom. The number of rotatable bonds is 7. The minimum atomic E-state index is -0.666. The maximum atomic E-state index is 14.2. The molecule has 0 radical (unpaired) electrons. The highest BCUT2D eigenvalue weighted by Gasteiger charge is 2.57. The molecule has 3 saturated heterocycles. The highest BCUT2D eigenvalue weighted by molar-refractivity contribution is 5.92. The Balaban J connectivity index is 0.864. The van der Waals surface area contributed by atoms with E-state index in [-0.39, 0.29) is 42.1 Å². The normalized spacial score (nSPS) is 26.0. The number of alkyl carbamates (subject to hydrolysis) is 1. The van der Waals surface area contributed by atoms with Crippen LogP contribution in [-0.2, 0) is 19.0 Å². The average molecular weight is 772 g/mol. The molecular formula is C44H49N7O6. The van der Waals surface area contributed by atoms with Crippen LogP contribution in [-0.4, -0.2) is 91.9 Å². The number of carbonyl (C=O) groups is 3. The van der Waals surface area contributed by atoms with Crippen molar-refractivity contribution >= 4 is 39.9 Å². The summed E-state index contributed by atoms with van der Waals surface area (Å²) < 4.78 is 16.2. The van der Waals surface area contributed by atoms with Crippen molar-refractivity contribution in [3.63, 3.8) is 0 Å². The van der Waals surface area contributed by atoms with Crippen molar-refractivity contribution in [2.24, 2.45) is 17.8 Å². The number of piperidine rings is 2. The molecule has 0 bridgehead atoms. The third-order valence-electron chi connectivity index (χ3n) is 12.7. The van der Waals surface area contributed by atoms with E-state index >= 15 is 0 Å². The molecular weight excluding hydrogens is 723 g/mol. The fraction of sp³-hybridized carbons (Fsp3) is 0.477. The van der Waals surface area contributed by atoms with Crippen LogP contribution in [0.3, 0.4) is 0 Å². The zero-order chi connectivity index (χ0) is 39.2. The van der Waals surface area contributed by atoms with Crippen LogP contribution in [0.2, 0.25) is 0 Å². The monoisotopic (exact) mass is 771 g/mol. The summed E-state index contributed by atoms with van der Waals surface area (Å²) in [5, 5.41) is 5.07. The molecule has 10 rings (SSSR count). The molecule has 7 atom stereocenters. The van der Waals surface area contributed by atoms with Gasteiger partial charge in [0, 0.05) is 37.1 Å². The number of fused-ring (bicyclic) bond motifs is 4. The minimum Gasteiger partial charge on any atom is -0.453 e. The second-order valence-corrected chi connectivity index (χ2v) is 17.6. The van der Waals surface area contributed by atoms with Crippen LogP contribution in [0, 0.1) is 17.8 Å². The van der Waals surface area contributed by atoms with Gasteiger partial charge in [0.1, 0.15) is 23.3 Å². The van der Waals surface area contributed by atoms with E-state index in [2.05, 4.69) is 63.8 Å². The van der Waals surface area contributed by atoms with E-state index in [1.807, 2.05) is 42.8 Å². The van der Waals surface area contributed by atoms with Crippen molar-refractivity contribution in [3.8, 4) is 22.4 Å². The summed E-state index contributed by atoms with van der Waals surface area (Å²) in [6.45, 7) is 6.85. The molecule has 13 nitrogen and oxygen atoms in total. The van der Waals surface area contributed by atoms with Gasteiger partial charge in [-0.2, -0.15) is 0 Å². The zero-order valence-electron chi connectivity index (χ0n) is 32.8. The largest absolute Gasteiger partial charge is 0.453 e. The van der Waals surface area contributed by atoms with Gasteiger partial charge in [0.2, 0.25) is 5.91 Å². The van der Waals surface area contributed by atoms with Crippen LogP contribution in [0.15, 0.2) is 60.8 Å². The summed E-state index contributed by atoms with van der Waals surface area (Å²) in [4.78, 5) is 60.6. The number of nitrogens with zero attached hydrogens (tertiary/aromatic N) is 4. The van der Waals surface area contributed by atoms with E-state index in [0.717, 1.165) is 81.5 Å². The molecule has 3 aromatic carbocycles. The van der Waals surface area contributed by atoms with Crippen molar-refractivity contribution < 1.29 is 28.6 Å². The number of ether oxygens (including phenoxy) is 3. The van der Waals surface area contributed by atoms with Crippen molar-refractivity contribution in [1.82, 2.24) is 35.1 Å². The number of likely N-dealkylation sites (tertiary alicyclic amines) is 2. The minimum absolute atomic E-state index is 0.0129. The molecule has 2 saturated carbocycles. The molecule has 5 aliphatic rings. The molecule has 0 spiro atoms. The molecule has 2 aromatic heterocycles. The molecule has 3 amide bonds. The van der Waals surface area contributed by atoms with E-state index in [9.17, 15) is 14.4 Å². The SMILES string of the molecule is COC(=O)N[C@H](C(=O)N1C(c2nc(-c3ccc4cc(-c5ccc6nc([C@@H]7C[C@H]8C[C@H]8N7C(=O)OC(C)(C)C)[nH]c6c5)ccc4c3)c[nH]2)C[C@H]2C[C@H]21)C1CCOCC1. The van der Waals surface area contributed by atoms with Crippen molar-refractivity contribution in [2.45, 2.75) is 95.1 Å². The second-order valence-electron chi connectivity index (χ2n) is 17.6. The molecule has 57 heavy (non-hydrogen) atoms. The molecule has 3 N–H and O–H groups in total. The van der Waals surface area contributed by atoms with Gasteiger partial charge in [-0.05, 0) is 123 Å². The van der Waals surface area contributed by atoms with E-state index in [0.29, 0.717) is 37.9 Å². The quantitative estimate of drug-likeness (QED) is 0.152. The van der Waals surface area contributed by atoms with Crippen LogP contribution in [0.5, 0.6) is 0 Å². The van der Waals surface area contributed by atoms with Gasteiger partial charge < -0.3 is 34.4 Å². The Hall–Kier alpha value is -5.43. The molecule has 5 heterocycles. The fourth-order valence-electron chi connectivity index (χ4n) is 9.68. The van der Waals surface area contributed by atoms with Gasteiger partial charge in [0.25, 0.3) is 0 Å². The number of aromatic nitrogens is 4. The van der Waals surface area contributed by atoms with Crippen LogP contribution >= 0.6 is 0 Å². The number of hydrogen-bond acceptors (Lipinski definition) is 8. The van der Waals surface area contributed by atoms with Crippen molar-refractivity contribution in [3.05, 3.63) is 72.4 Å². The first-order chi connectivity index (χ1) is 27.5. The Morgan fingerprint density at radius 2 is 1.47 bits per heavy atom. The lowest BCUT2D eigenvalue weighted by Gasteiger charge is -2.35. The molecule has 13 heteroatoms.